The molecule has 3 N–H and O–H groups in total. The number of nitrogens with one attached hydrogen (secondary N) is 1. The van der Waals surface area contributed by atoms with Gasteiger partial charge in [-0.2, -0.15) is 0 Å². The number of H-pyrrole nitrogens is 1. The van der Waals surface area contributed by atoms with Crippen LogP contribution in [0.2, 0.25) is 0 Å². The van der Waals surface area contributed by atoms with E-state index in [1.165, 1.54) is 19.8 Å². The molecule has 1 spiro atoms. The van der Waals surface area contributed by atoms with Gasteiger partial charge < -0.3 is 34.3 Å². The van der Waals surface area contributed by atoms with E-state index in [0.29, 0.717) is 50.2 Å². The average Bonchev–Trinajstić information content (AvgIpc) is 3.84. The Morgan fingerprint density at radius 3 is 2.52 bits per heavy atom. The van der Waals surface area contributed by atoms with Gasteiger partial charge in [0.1, 0.15) is 17.3 Å². The maximum atomic E-state index is 15.1. The fourth-order valence-corrected chi connectivity index (χ4v) is 12.5. The van der Waals surface area contributed by atoms with E-state index in [0.717, 1.165) is 52.9 Å². The van der Waals surface area contributed by atoms with Gasteiger partial charge in [-0.1, -0.05) is 55.8 Å². The Labute approximate surface area is 316 Å². The number of hydrogen-bond donors (Lipinski definition) is 3. The number of methoxy groups -OCH3 is 3. The van der Waals surface area contributed by atoms with Crippen LogP contribution in [0.1, 0.15) is 61.9 Å². The lowest BCUT2D eigenvalue weighted by atomic mass is 9.47. The number of hydrogen-bond acceptors (Lipinski definition) is 10. The van der Waals surface area contributed by atoms with Crippen LogP contribution in [0.15, 0.2) is 60.2 Å². The molecule has 2 bridgehead atoms. The highest BCUT2D eigenvalue weighted by Gasteiger charge is 2.79. The van der Waals surface area contributed by atoms with E-state index in [4.69, 9.17) is 14.2 Å². The first-order chi connectivity index (χ1) is 26.0. The van der Waals surface area contributed by atoms with Crippen molar-refractivity contribution < 1.29 is 34.0 Å². The van der Waals surface area contributed by atoms with Crippen molar-refractivity contribution >= 4 is 28.5 Å². The number of aliphatic hydroxyl groups excluding tert-OH is 1. The van der Waals surface area contributed by atoms with E-state index in [-0.39, 0.29) is 17.9 Å². The molecule has 0 radical (unpaired) electrons. The van der Waals surface area contributed by atoms with Crippen molar-refractivity contribution in [3.8, 4) is 5.75 Å². The minimum atomic E-state index is -2.27. The second-order valence-corrected chi connectivity index (χ2v) is 16.6. The predicted octanol–water partition coefficient (Wildman–Crippen LogP) is 4.18. The second kappa shape index (κ2) is 12.2. The third kappa shape index (κ3) is 4.21. The van der Waals surface area contributed by atoms with Crippen molar-refractivity contribution in [2.45, 2.75) is 80.7 Å². The van der Waals surface area contributed by atoms with Gasteiger partial charge in [0.2, 0.25) is 5.60 Å². The van der Waals surface area contributed by atoms with E-state index in [2.05, 4.69) is 52.1 Å². The Morgan fingerprint density at radius 1 is 1.02 bits per heavy atom. The summed E-state index contributed by atoms with van der Waals surface area (Å²) in [5.41, 5.74) is 1.24. The average molecular weight is 737 g/mol. The lowest BCUT2D eigenvalue weighted by Crippen LogP contribution is -2.80. The molecule has 1 aromatic heterocycles. The van der Waals surface area contributed by atoms with E-state index in [1.807, 2.05) is 43.1 Å². The summed E-state index contributed by atoms with van der Waals surface area (Å²) >= 11 is 0. The minimum absolute atomic E-state index is 0.0475. The number of esters is 2. The molecule has 5 aliphatic heterocycles. The second-order valence-electron chi connectivity index (χ2n) is 16.6. The molecule has 54 heavy (non-hydrogen) atoms. The molecular formula is C43H52N4O7. The molecule has 2 aromatic carbocycles. The SMILES string of the molecule is CCC1=CC2CN(C1)Cc1c([nH]c3ccccc13)[C@@](C(=O)OC)(c1cc3c(cc1OC)N(C)[C@H]1[C@@](O)(C(=O)OC)[C@H](O)[C@]4(CC)C=CCN5CC[C@]31[C@H]54)C2. The quantitative estimate of drug-likeness (QED) is 0.251. The normalized spacial score (nSPS) is 36.3. The summed E-state index contributed by atoms with van der Waals surface area (Å²) < 4.78 is 17.6. The lowest BCUT2D eigenvalue weighted by Gasteiger charge is -2.63. The number of aliphatic hydroxyl groups is 2. The summed E-state index contributed by atoms with van der Waals surface area (Å²) in [5.74, 6) is -0.669. The van der Waals surface area contributed by atoms with Gasteiger partial charge in [0.25, 0.3) is 0 Å². The number of carbonyl (C=O) groups is 2. The molecule has 6 heterocycles. The number of benzene rings is 2. The first-order valence-electron chi connectivity index (χ1n) is 19.5. The van der Waals surface area contributed by atoms with Crippen LogP contribution in [0, 0.1) is 11.3 Å². The van der Waals surface area contributed by atoms with Crippen LogP contribution >= 0.6 is 0 Å². The highest BCUT2D eigenvalue weighted by atomic mass is 16.5. The van der Waals surface area contributed by atoms with Crippen molar-refractivity contribution in [2.24, 2.45) is 11.3 Å². The number of ether oxygens (including phenoxy) is 3. The van der Waals surface area contributed by atoms with Gasteiger partial charge >= 0.3 is 11.9 Å². The minimum Gasteiger partial charge on any atom is -0.496 e. The van der Waals surface area contributed by atoms with Crippen molar-refractivity contribution in [1.29, 1.82) is 0 Å². The van der Waals surface area contributed by atoms with Crippen LogP contribution in [-0.2, 0) is 36.4 Å². The molecule has 3 aromatic rings. The summed E-state index contributed by atoms with van der Waals surface area (Å²) in [6, 6.07) is 11.3. The first kappa shape index (κ1) is 35.5. The summed E-state index contributed by atoms with van der Waals surface area (Å²) in [6.45, 7) is 7.97. The number of carbonyl (C=O) groups excluding carboxylic acids is 2. The maximum absolute atomic E-state index is 15.1. The zero-order valence-electron chi connectivity index (χ0n) is 32.1. The summed E-state index contributed by atoms with van der Waals surface area (Å²) in [6.07, 6.45) is 7.52. The van der Waals surface area contributed by atoms with Crippen molar-refractivity contribution in [1.82, 2.24) is 14.8 Å². The molecule has 286 valence electrons. The van der Waals surface area contributed by atoms with Gasteiger partial charge in [0.15, 0.2) is 0 Å². The highest BCUT2D eigenvalue weighted by molar-refractivity contribution is 5.95. The van der Waals surface area contributed by atoms with Crippen LogP contribution in [0.3, 0.4) is 0 Å². The Kier molecular flexibility index (Phi) is 8.01. The largest absolute Gasteiger partial charge is 0.496 e. The number of aromatic amines is 1. The molecule has 1 saturated carbocycles. The number of nitrogens with zero attached hydrogens (tertiary/aromatic N) is 3. The monoisotopic (exact) mass is 736 g/mol. The first-order valence-corrected chi connectivity index (χ1v) is 19.5. The van der Waals surface area contributed by atoms with Gasteiger partial charge in [0, 0.05) is 84.0 Å². The molecule has 2 fully saturated rings. The molecule has 9 atom stereocenters. The fourth-order valence-electron chi connectivity index (χ4n) is 12.5. The van der Waals surface area contributed by atoms with E-state index >= 15 is 4.79 Å². The Bertz CT molecular complexity index is 2130. The third-order valence-corrected chi connectivity index (χ3v) is 14.5. The molecule has 9 rings (SSSR count). The van der Waals surface area contributed by atoms with Crippen molar-refractivity contribution in [2.75, 3.05) is 59.5 Å². The lowest BCUT2D eigenvalue weighted by molar-refractivity contribution is -0.218. The summed E-state index contributed by atoms with van der Waals surface area (Å²) in [7, 11) is 6.24. The number of anilines is 1. The molecule has 11 nitrogen and oxygen atoms in total. The molecule has 1 saturated heterocycles. The molecule has 11 heteroatoms. The van der Waals surface area contributed by atoms with Crippen molar-refractivity contribution in [3.63, 3.8) is 0 Å². The molecule has 0 amide bonds. The van der Waals surface area contributed by atoms with Crippen molar-refractivity contribution in [3.05, 3.63) is 82.6 Å². The number of aromatic nitrogens is 1. The maximum Gasteiger partial charge on any atom is 0.342 e. The van der Waals surface area contributed by atoms with E-state index in [9.17, 15) is 15.0 Å². The van der Waals surface area contributed by atoms with E-state index in [1.54, 1.807) is 7.11 Å². The Balaban J connectivity index is 1.37. The van der Waals surface area contributed by atoms with Gasteiger partial charge in [-0.05, 0) is 61.4 Å². The zero-order chi connectivity index (χ0) is 37.9. The fraction of sp³-hybridized carbons (Fsp3) is 0.535. The molecule has 2 unspecified atom stereocenters. The molecule has 1 aliphatic carbocycles. The number of fused-ring (bicyclic) bond motifs is 6. The number of likely N-dealkylation sites (N-methyl/N-ethyl adjacent to an activating group) is 1. The Hall–Kier alpha value is -4.16. The van der Waals surface area contributed by atoms with Crippen LogP contribution < -0.4 is 9.64 Å². The molecule has 6 aliphatic rings. The van der Waals surface area contributed by atoms with Crippen LogP contribution in [0.25, 0.3) is 10.9 Å². The third-order valence-electron chi connectivity index (χ3n) is 14.5. The zero-order valence-corrected chi connectivity index (χ0v) is 32.1. The molecular weight excluding hydrogens is 684 g/mol. The summed E-state index contributed by atoms with van der Waals surface area (Å²) in [4.78, 5) is 39.7. The van der Waals surface area contributed by atoms with Gasteiger partial charge in [-0.3, -0.25) is 14.6 Å². The number of rotatable bonds is 6. The van der Waals surface area contributed by atoms with Gasteiger partial charge in [0.05, 0.1) is 27.4 Å². The summed E-state index contributed by atoms with van der Waals surface area (Å²) in [5, 5.41) is 26.3. The van der Waals surface area contributed by atoms with Gasteiger partial charge in [-0.15, -0.1) is 0 Å². The Morgan fingerprint density at radius 2 is 1.80 bits per heavy atom. The predicted molar refractivity (Wildman–Crippen MR) is 205 cm³/mol. The smallest absolute Gasteiger partial charge is 0.342 e. The van der Waals surface area contributed by atoms with E-state index < -0.39 is 40.0 Å². The highest BCUT2D eigenvalue weighted by Crippen LogP contribution is 2.67. The van der Waals surface area contributed by atoms with Crippen LogP contribution in [-0.4, -0.2) is 115 Å². The van der Waals surface area contributed by atoms with Gasteiger partial charge in [-0.25, -0.2) is 4.79 Å². The topological polar surface area (TPSA) is 128 Å². The van der Waals surface area contributed by atoms with Crippen LogP contribution in [0.4, 0.5) is 5.69 Å². The van der Waals surface area contributed by atoms with Crippen LogP contribution in [0.5, 0.6) is 5.75 Å². The number of para-hydroxylation sites is 1. The standard InChI is InChI=1S/C43H52N4O7/c1-7-25-18-26-21-42(38(49)53-5,34-28(24-46(22-25)23-26)27-12-9-10-13-31(27)44-34)30-19-29-32(20-33(30)52-4)45(3)36-41(29)15-17-47-16-11-14-40(8-2,35(41)47)37(48)43(36,51)39(50)54-6/h9-14,18-20,26,35-37,44,48,51H,7-8,15-17,21-24H2,1-6H3/t26?,35-,36-,37-,40-,41-,42+,43+/m1/s1.